The number of ether oxygens (including phenoxy) is 1. The molecule has 1 amide bonds. The molecule has 0 aromatic heterocycles. The highest BCUT2D eigenvalue weighted by Crippen LogP contribution is 2.31. The van der Waals surface area contributed by atoms with Gasteiger partial charge < -0.3 is 15.8 Å². The lowest BCUT2D eigenvalue weighted by Crippen LogP contribution is -2.41. The monoisotopic (exact) mass is 300 g/mol. The molecule has 1 atom stereocenters. The van der Waals surface area contributed by atoms with Gasteiger partial charge in [-0.25, -0.2) is 0 Å². The first-order valence-electron chi connectivity index (χ1n) is 7.46. The van der Waals surface area contributed by atoms with Crippen LogP contribution in [0, 0.1) is 5.41 Å². The molecule has 4 heteroatoms. The van der Waals surface area contributed by atoms with E-state index in [1.807, 2.05) is 32.0 Å². The van der Waals surface area contributed by atoms with Crippen molar-refractivity contribution in [1.29, 1.82) is 0 Å². The van der Waals surface area contributed by atoms with Gasteiger partial charge in [-0.3, -0.25) is 4.79 Å². The van der Waals surface area contributed by atoms with Crippen molar-refractivity contribution in [3.63, 3.8) is 0 Å². The molecular weight excluding hydrogens is 276 g/mol. The minimum absolute atomic E-state index is 0.106. The number of hydrogen-bond acceptors (Lipinski definition) is 3. The predicted molar refractivity (Wildman–Crippen MR) is 89.9 cm³/mol. The Kier molecular flexibility index (Phi) is 4.71. The summed E-state index contributed by atoms with van der Waals surface area (Å²) in [6.07, 6.45) is 0. The largest absolute Gasteiger partial charge is 0.496 e. The third kappa shape index (κ3) is 3.22. The molecule has 0 heterocycles. The first kappa shape index (κ1) is 16.3. The molecule has 2 aromatic rings. The Morgan fingerprint density at radius 2 is 1.86 bits per heavy atom. The highest BCUT2D eigenvalue weighted by atomic mass is 16.5. The average Bonchev–Trinajstić information content (AvgIpc) is 2.51. The summed E-state index contributed by atoms with van der Waals surface area (Å²) in [6.45, 7) is 6.32. The lowest BCUT2D eigenvalue weighted by molar-refractivity contribution is -0.125. The molecule has 2 rings (SSSR count). The molecule has 0 aliphatic heterocycles. The number of nitrogens with two attached hydrogens (primary N) is 1. The first-order chi connectivity index (χ1) is 10.4. The van der Waals surface area contributed by atoms with Gasteiger partial charge in [-0.05, 0) is 37.8 Å². The summed E-state index contributed by atoms with van der Waals surface area (Å²) in [5.41, 5.74) is 6.03. The van der Waals surface area contributed by atoms with Gasteiger partial charge in [0.05, 0.1) is 12.5 Å². The van der Waals surface area contributed by atoms with Crippen LogP contribution < -0.4 is 15.8 Å². The van der Waals surface area contributed by atoms with Crippen LogP contribution in [0.25, 0.3) is 10.8 Å². The van der Waals surface area contributed by atoms with Crippen molar-refractivity contribution in [1.82, 2.24) is 5.32 Å². The lowest BCUT2D eigenvalue weighted by atomic mass is 9.91. The number of benzene rings is 2. The molecule has 4 nitrogen and oxygen atoms in total. The van der Waals surface area contributed by atoms with Crippen LogP contribution in [0.2, 0.25) is 0 Å². The quantitative estimate of drug-likeness (QED) is 0.862. The molecule has 0 unspecified atom stereocenters. The van der Waals surface area contributed by atoms with E-state index in [0.717, 1.165) is 16.5 Å². The van der Waals surface area contributed by atoms with Gasteiger partial charge in [0.1, 0.15) is 5.75 Å². The zero-order valence-corrected chi connectivity index (χ0v) is 13.6. The van der Waals surface area contributed by atoms with E-state index in [9.17, 15) is 4.79 Å². The van der Waals surface area contributed by atoms with E-state index in [1.54, 1.807) is 7.11 Å². The van der Waals surface area contributed by atoms with Crippen LogP contribution in [0.4, 0.5) is 0 Å². The molecule has 2 aromatic carbocycles. The second-order valence-corrected chi connectivity index (χ2v) is 6.25. The fourth-order valence-corrected chi connectivity index (χ4v) is 2.46. The van der Waals surface area contributed by atoms with Crippen molar-refractivity contribution >= 4 is 16.7 Å². The van der Waals surface area contributed by atoms with Gasteiger partial charge in [0, 0.05) is 18.0 Å². The maximum Gasteiger partial charge on any atom is 0.224 e. The molecule has 0 fully saturated rings. The van der Waals surface area contributed by atoms with Gasteiger partial charge in [-0.2, -0.15) is 0 Å². The normalized spacial score (nSPS) is 13.1. The number of fused-ring (bicyclic) bond motifs is 1. The van der Waals surface area contributed by atoms with Gasteiger partial charge in [0.2, 0.25) is 5.91 Å². The van der Waals surface area contributed by atoms with E-state index in [2.05, 4.69) is 30.4 Å². The topological polar surface area (TPSA) is 64.3 Å². The SMILES string of the molecule is COc1ccc([C@H](C)NCC(C)(C)C(N)=O)c2ccccc12. The average molecular weight is 300 g/mol. The Hall–Kier alpha value is -2.07. The fourth-order valence-electron chi connectivity index (χ4n) is 2.46. The van der Waals surface area contributed by atoms with Gasteiger partial charge in [0.15, 0.2) is 0 Å². The molecule has 118 valence electrons. The van der Waals surface area contributed by atoms with Crippen molar-refractivity contribution in [2.24, 2.45) is 11.1 Å². The molecule has 0 aliphatic rings. The third-order valence-corrected chi connectivity index (χ3v) is 4.12. The Morgan fingerprint density at radius 3 is 2.45 bits per heavy atom. The number of nitrogens with one attached hydrogen (secondary N) is 1. The predicted octanol–water partition coefficient (Wildman–Crippen LogP) is 3.01. The van der Waals surface area contributed by atoms with Gasteiger partial charge in [-0.15, -0.1) is 0 Å². The molecule has 0 saturated heterocycles. The standard InChI is InChI=1S/C18H24N2O2/c1-12(20-11-18(2,3)17(19)21)13-9-10-16(22-4)15-8-6-5-7-14(13)15/h5-10,12,20H,11H2,1-4H3,(H2,19,21)/t12-/m0/s1. The minimum Gasteiger partial charge on any atom is -0.496 e. The maximum absolute atomic E-state index is 11.4. The van der Waals surface area contributed by atoms with E-state index < -0.39 is 5.41 Å². The van der Waals surface area contributed by atoms with Crippen LogP contribution in [0.3, 0.4) is 0 Å². The Balaban J connectivity index is 2.29. The van der Waals surface area contributed by atoms with Crippen LogP contribution in [-0.2, 0) is 4.79 Å². The molecule has 0 saturated carbocycles. The summed E-state index contributed by atoms with van der Waals surface area (Å²) in [7, 11) is 1.68. The third-order valence-electron chi connectivity index (χ3n) is 4.12. The number of amides is 1. The van der Waals surface area contributed by atoms with Crippen molar-refractivity contribution in [3.8, 4) is 5.75 Å². The van der Waals surface area contributed by atoms with E-state index in [4.69, 9.17) is 10.5 Å². The van der Waals surface area contributed by atoms with Gasteiger partial charge in [-0.1, -0.05) is 30.3 Å². The second kappa shape index (κ2) is 6.36. The fraction of sp³-hybridized carbons (Fsp3) is 0.389. The number of primary amides is 1. The van der Waals surface area contributed by atoms with Crippen molar-refractivity contribution in [3.05, 3.63) is 42.0 Å². The smallest absolute Gasteiger partial charge is 0.224 e. The molecule has 0 spiro atoms. The number of rotatable bonds is 6. The number of carbonyl (C=O) groups excluding carboxylic acids is 1. The van der Waals surface area contributed by atoms with E-state index >= 15 is 0 Å². The zero-order valence-electron chi connectivity index (χ0n) is 13.6. The van der Waals surface area contributed by atoms with Crippen molar-refractivity contribution < 1.29 is 9.53 Å². The van der Waals surface area contributed by atoms with E-state index in [-0.39, 0.29) is 11.9 Å². The number of carbonyl (C=O) groups is 1. The summed E-state index contributed by atoms with van der Waals surface area (Å²) in [5, 5.41) is 5.65. The minimum atomic E-state index is -0.573. The Labute approximate surface area is 131 Å². The van der Waals surface area contributed by atoms with Crippen LogP contribution in [-0.4, -0.2) is 19.6 Å². The first-order valence-corrected chi connectivity index (χ1v) is 7.46. The summed E-state index contributed by atoms with van der Waals surface area (Å²) < 4.78 is 5.43. The molecular formula is C18H24N2O2. The molecule has 3 N–H and O–H groups in total. The molecule has 0 aliphatic carbocycles. The molecule has 0 radical (unpaired) electrons. The maximum atomic E-state index is 11.4. The summed E-state index contributed by atoms with van der Waals surface area (Å²) >= 11 is 0. The van der Waals surface area contributed by atoms with E-state index in [0.29, 0.717) is 6.54 Å². The number of hydrogen-bond donors (Lipinski definition) is 2. The van der Waals surface area contributed by atoms with Crippen molar-refractivity contribution in [2.45, 2.75) is 26.8 Å². The second-order valence-electron chi connectivity index (χ2n) is 6.25. The highest BCUT2D eigenvalue weighted by Gasteiger charge is 2.25. The Bertz CT molecular complexity index is 680. The Morgan fingerprint density at radius 1 is 1.23 bits per heavy atom. The van der Waals surface area contributed by atoms with Crippen LogP contribution >= 0.6 is 0 Å². The summed E-state index contributed by atoms with van der Waals surface area (Å²) in [5.74, 6) is 0.566. The zero-order chi connectivity index (χ0) is 16.3. The number of methoxy groups -OCH3 is 1. The van der Waals surface area contributed by atoms with Crippen LogP contribution in [0.5, 0.6) is 5.75 Å². The summed E-state index contributed by atoms with van der Waals surface area (Å²) in [4.78, 5) is 11.4. The van der Waals surface area contributed by atoms with E-state index in [1.165, 1.54) is 5.56 Å². The highest BCUT2D eigenvalue weighted by molar-refractivity contribution is 5.91. The molecule has 22 heavy (non-hydrogen) atoms. The van der Waals surface area contributed by atoms with Crippen LogP contribution in [0.1, 0.15) is 32.4 Å². The van der Waals surface area contributed by atoms with Crippen LogP contribution in [0.15, 0.2) is 36.4 Å². The summed E-state index contributed by atoms with van der Waals surface area (Å²) in [6, 6.07) is 12.3. The van der Waals surface area contributed by atoms with Gasteiger partial charge in [0.25, 0.3) is 0 Å². The van der Waals surface area contributed by atoms with Crippen molar-refractivity contribution in [2.75, 3.05) is 13.7 Å². The van der Waals surface area contributed by atoms with Gasteiger partial charge >= 0.3 is 0 Å². The molecule has 0 bridgehead atoms. The lowest BCUT2D eigenvalue weighted by Gasteiger charge is -2.25.